The van der Waals surface area contributed by atoms with Gasteiger partial charge in [-0.3, -0.25) is 0 Å². The summed E-state index contributed by atoms with van der Waals surface area (Å²) in [6, 6.07) is 14.1. The van der Waals surface area contributed by atoms with Crippen LogP contribution in [0.5, 0.6) is 0 Å². The average molecular weight is 451 g/mol. The fraction of sp³-hybridized carbons (Fsp3) is 0.552. The largest absolute Gasteiger partial charge is 0.465 e. The van der Waals surface area contributed by atoms with E-state index in [1.807, 2.05) is 24.3 Å². The van der Waals surface area contributed by atoms with Gasteiger partial charge in [0.25, 0.3) is 0 Å². The van der Waals surface area contributed by atoms with E-state index in [0.29, 0.717) is 24.9 Å². The van der Waals surface area contributed by atoms with Gasteiger partial charge in [0.05, 0.1) is 38.1 Å². The molecule has 2 aromatic rings. The maximum absolute atomic E-state index is 12.4. The van der Waals surface area contributed by atoms with E-state index in [0.717, 1.165) is 34.6 Å². The van der Waals surface area contributed by atoms with Crippen LogP contribution in [0, 0.1) is 12.8 Å². The molecule has 0 aromatic heterocycles. The molecular formula is C29H38O4. The molecule has 0 saturated heterocycles. The zero-order valence-corrected chi connectivity index (χ0v) is 20.2. The zero-order chi connectivity index (χ0) is 23.0. The van der Waals surface area contributed by atoms with Crippen LogP contribution in [0.3, 0.4) is 0 Å². The number of methoxy groups -OCH3 is 1. The Balaban J connectivity index is 1.48. The Kier molecular flexibility index (Phi) is 8.57. The Hall–Kier alpha value is -2.17. The second kappa shape index (κ2) is 11.8. The van der Waals surface area contributed by atoms with Gasteiger partial charge in [0.1, 0.15) is 0 Å². The molecule has 0 spiro atoms. The number of hydrogen-bond donors (Lipinski definition) is 0. The molecule has 178 valence electrons. The van der Waals surface area contributed by atoms with Crippen molar-refractivity contribution in [1.29, 1.82) is 0 Å². The van der Waals surface area contributed by atoms with Crippen molar-refractivity contribution in [2.45, 2.75) is 83.5 Å². The minimum Gasteiger partial charge on any atom is -0.465 e. The summed E-state index contributed by atoms with van der Waals surface area (Å²) < 4.78 is 17.7. The Bertz CT molecular complexity index is 912. The van der Waals surface area contributed by atoms with Gasteiger partial charge < -0.3 is 14.2 Å². The Morgan fingerprint density at radius 1 is 0.970 bits per heavy atom. The molecule has 2 saturated carbocycles. The summed E-state index contributed by atoms with van der Waals surface area (Å²) in [5.41, 5.74) is 4.73. The van der Waals surface area contributed by atoms with Crippen molar-refractivity contribution >= 4 is 5.97 Å². The predicted molar refractivity (Wildman–Crippen MR) is 131 cm³/mol. The number of esters is 1. The second-order valence-corrected chi connectivity index (χ2v) is 9.75. The van der Waals surface area contributed by atoms with E-state index in [2.05, 4.69) is 25.1 Å². The highest BCUT2D eigenvalue weighted by Gasteiger charge is 2.24. The van der Waals surface area contributed by atoms with E-state index in [4.69, 9.17) is 14.2 Å². The molecule has 0 heterocycles. The number of rotatable bonds is 10. The molecule has 2 aliphatic carbocycles. The molecule has 4 nitrogen and oxygen atoms in total. The first-order chi connectivity index (χ1) is 16.1. The average Bonchev–Trinajstić information content (AvgIpc) is 2.81. The summed E-state index contributed by atoms with van der Waals surface area (Å²) >= 11 is 0. The molecule has 4 rings (SSSR count). The van der Waals surface area contributed by atoms with Crippen molar-refractivity contribution in [2.75, 3.05) is 13.7 Å². The lowest BCUT2D eigenvalue weighted by Crippen LogP contribution is -2.30. The van der Waals surface area contributed by atoms with Crippen LogP contribution in [0.4, 0.5) is 0 Å². The van der Waals surface area contributed by atoms with E-state index in [1.165, 1.54) is 58.5 Å². The summed E-state index contributed by atoms with van der Waals surface area (Å²) in [4.78, 5) is 12.4. The first-order valence-corrected chi connectivity index (χ1v) is 12.6. The van der Waals surface area contributed by atoms with Crippen molar-refractivity contribution in [3.05, 3.63) is 59.2 Å². The van der Waals surface area contributed by atoms with Gasteiger partial charge in [0, 0.05) is 0 Å². The van der Waals surface area contributed by atoms with Crippen LogP contribution in [-0.2, 0) is 20.8 Å². The van der Waals surface area contributed by atoms with Crippen LogP contribution in [0.2, 0.25) is 0 Å². The van der Waals surface area contributed by atoms with Gasteiger partial charge in [-0.2, -0.15) is 0 Å². The predicted octanol–water partition coefficient (Wildman–Crippen LogP) is 6.87. The maximum Gasteiger partial charge on any atom is 0.338 e. The van der Waals surface area contributed by atoms with Gasteiger partial charge in [-0.15, -0.1) is 0 Å². The van der Waals surface area contributed by atoms with E-state index >= 15 is 0 Å². The number of ether oxygens (including phenoxy) is 3. The highest BCUT2D eigenvalue weighted by Crippen LogP contribution is 2.31. The van der Waals surface area contributed by atoms with Gasteiger partial charge in [0.2, 0.25) is 0 Å². The van der Waals surface area contributed by atoms with E-state index in [-0.39, 0.29) is 12.1 Å². The van der Waals surface area contributed by atoms with Crippen molar-refractivity contribution in [1.82, 2.24) is 0 Å². The molecular weight excluding hydrogens is 412 g/mol. The maximum atomic E-state index is 12.4. The SMILES string of the molecule is COC(=O)c1ccc(CO[C@H](COC2CCC2)CC2CCCCC2)cc1-c1ccccc1C. The molecule has 0 bridgehead atoms. The smallest absolute Gasteiger partial charge is 0.338 e. The fourth-order valence-corrected chi connectivity index (χ4v) is 5.04. The van der Waals surface area contributed by atoms with Crippen LogP contribution in [0.1, 0.15) is 79.3 Å². The third-order valence-electron chi connectivity index (χ3n) is 7.30. The Morgan fingerprint density at radius 2 is 1.76 bits per heavy atom. The summed E-state index contributed by atoms with van der Waals surface area (Å²) in [7, 11) is 1.43. The molecule has 0 aliphatic heterocycles. The molecule has 2 aliphatic rings. The van der Waals surface area contributed by atoms with Crippen molar-refractivity contribution < 1.29 is 19.0 Å². The minimum atomic E-state index is -0.315. The number of aryl methyl sites for hydroxylation is 1. The third kappa shape index (κ3) is 6.45. The van der Waals surface area contributed by atoms with Crippen LogP contribution in [0.25, 0.3) is 11.1 Å². The second-order valence-electron chi connectivity index (χ2n) is 9.75. The lowest BCUT2D eigenvalue weighted by atomic mass is 9.85. The monoisotopic (exact) mass is 450 g/mol. The molecule has 2 aromatic carbocycles. The summed E-state index contributed by atoms with van der Waals surface area (Å²) in [6.07, 6.45) is 12.0. The molecule has 4 heteroatoms. The molecule has 1 atom stereocenters. The standard InChI is InChI=1S/C29H38O4/c1-21-9-6-7-14-26(21)28-18-23(15-16-27(28)29(30)31-2)19-32-25(20-33-24-12-8-13-24)17-22-10-4-3-5-11-22/h6-7,9,14-16,18,22,24-25H,3-5,8,10-13,17,19-20H2,1-2H3/t25-/m0/s1. The van der Waals surface area contributed by atoms with Gasteiger partial charge in [-0.05, 0) is 72.9 Å². The minimum absolute atomic E-state index is 0.121. The van der Waals surface area contributed by atoms with Crippen LogP contribution >= 0.6 is 0 Å². The molecule has 0 N–H and O–H groups in total. The third-order valence-corrected chi connectivity index (χ3v) is 7.30. The molecule has 0 amide bonds. The number of carbonyl (C=O) groups excluding carboxylic acids is 1. The normalized spacial score (nSPS) is 18.0. The number of hydrogen-bond acceptors (Lipinski definition) is 4. The fourth-order valence-electron chi connectivity index (χ4n) is 5.04. The van der Waals surface area contributed by atoms with Crippen molar-refractivity contribution in [3.63, 3.8) is 0 Å². The Morgan fingerprint density at radius 3 is 2.45 bits per heavy atom. The molecule has 0 radical (unpaired) electrons. The summed E-state index contributed by atoms with van der Waals surface area (Å²) in [5, 5.41) is 0. The quantitative estimate of drug-likeness (QED) is 0.370. The number of benzene rings is 2. The molecule has 2 fully saturated rings. The summed E-state index contributed by atoms with van der Waals surface area (Å²) in [5.74, 6) is 0.433. The highest BCUT2D eigenvalue weighted by atomic mass is 16.5. The number of carbonyl (C=O) groups is 1. The van der Waals surface area contributed by atoms with E-state index in [9.17, 15) is 4.79 Å². The van der Waals surface area contributed by atoms with Crippen LogP contribution < -0.4 is 0 Å². The topological polar surface area (TPSA) is 44.8 Å². The van der Waals surface area contributed by atoms with Gasteiger partial charge in [-0.1, -0.05) is 62.4 Å². The molecule has 33 heavy (non-hydrogen) atoms. The Labute approximate surface area is 198 Å². The lowest BCUT2D eigenvalue weighted by Gasteiger charge is -2.30. The first-order valence-electron chi connectivity index (χ1n) is 12.6. The van der Waals surface area contributed by atoms with Gasteiger partial charge in [0.15, 0.2) is 0 Å². The van der Waals surface area contributed by atoms with Crippen LogP contribution in [0.15, 0.2) is 42.5 Å². The van der Waals surface area contributed by atoms with E-state index < -0.39 is 0 Å². The van der Waals surface area contributed by atoms with Crippen LogP contribution in [-0.4, -0.2) is 31.9 Å². The lowest BCUT2D eigenvalue weighted by molar-refractivity contribution is -0.0790. The highest BCUT2D eigenvalue weighted by molar-refractivity contribution is 5.97. The van der Waals surface area contributed by atoms with Crippen molar-refractivity contribution in [3.8, 4) is 11.1 Å². The van der Waals surface area contributed by atoms with E-state index in [1.54, 1.807) is 0 Å². The molecule has 0 unspecified atom stereocenters. The van der Waals surface area contributed by atoms with Gasteiger partial charge in [-0.25, -0.2) is 4.79 Å². The zero-order valence-electron chi connectivity index (χ0n) is 20.2. The first kappa shape index (κ1) is 24.0. The summed E-state index contributed by atoms with van der Waals surface area (Å²) in [6.45, 7) is 3.27. The van der Waals surface area contributed by atoms with Gasteiger partial charge >= 0.3 is 5.97 Å². The van der Waals surface area contributed by atoms with Crippen molar-refractivity contribution in [2.24, 2.45) is 5.92 Å².